The van der Waals surface area contributed by atoms with Crippen LogP contribution in [0.25, 0.3) is 11.1 Å². The van der Waals surface area contributed by atoms with Crippen LogP contribution in [0.15, 0.2) is 63.8 Å². The number of carbonyl (C=O) groups is 1. The van der Waals surface area contributed by atoms with Crippen LogP contribution in [0.5, 0.6) is 5.75 Å². The Balaban J connectivity index is 1.68. The van der Waals surface area contributed by atoms with Gasteiger partial charge in [-0.25, -0.2) is 8.93 Å². The average Bonchev–Trinajstić information content (AvgIpc) is 2.78. The Morgan fingerprint density at radius 2 is 1.65 bits per heavy atom. The van der Waals surface area contributed by atoms with E-state index in [1.54, 1.807) is 19.2 Å². The second-order valence-electron chi connectivity index (χ2n) is 6.71. The molecule has 0 aliphatic heterocycles. The standard InChI is InChI=1S/C22H23N3O5S/c1-23-22(28)16-5-3-14(4-6-16)15-7-9-17(10-8-15)24-13-20-21(27)19(26)11-18(30-20)12-25-31(2)29/h3-11,24-25,27H,12-13H2,1-2H3,(H,23,28). The average molecular weight is 442 g/mol. The van der Waals surface area contributed by atoms with Gasteiger partial charge >= 0.3 is 0 Å². The van der Waals surface area contributed by atoms with Crippen molar-refractivity contribution in [2.75, 3.05) is 18.6 Å². The lowest BCUT2D eigenvalue weighted by Crippen LogP contribution is -2.17. The lowest BCUT2D eigenvalue weighted by molar-refractivity contribution is 0.0963. The van der Waals surface area contributed by atoms with Gasteiger partial charge in [0, 0.05) is 30.6 Å². The molecular weight excluding hydrogens is 418 g/mol. The molecule has 0 aliphatic carbocycles. The summed E-state index contributed by atoms with van der Waals surface area (Å²) in [6.45, 7) is 0.212. The van der Waals surface area contributed by atoms with Crippen molar-refractivity contribution in [3.8, 4) is 16.9 Å². The third-order valence-electron chi connectivity index (χ3n) is 4.54. The molecular formula is C22H23N3O5S. The Morgan fingerprint density at radius 1 is 1.03 bits per heavy atom. The Hall–Kier alpha value is -3.43. The molecule has 3 rings (SSSR count). The highest BCUT2D eigenvalue weighted by Gasteiger charge is 2.12. The van der Waals surface area contributed by atoms with E-state index in [4.69, 9.17) is 4.42 Å². The summed E-state index contributed by atoms with van der Waals surface area (Å²) in [5, 5.41) is 15.7. The highest BCUT2D eigenvalue weighted by atomic mass is 32.2. The Labute approximate surface area is 181 Å². The van der Waals surface area contributed by atoms with Crippen molar-refractivity contribution in [2.45, 2.75) is 13.1 Å². The van der Waals surface area contributed by atoms with Crippen molar-refractivity contribution in [1.29, 1.82) is 0 Å². The summed E-state index contributed by atoms with van der Waals surface area (Å²) >= 11 is 0. The normalized spacial score (nSPS) is 11.7. The second-order valence-corrected chi connectivity index (χ2v) is 7.91. The fraction of sp³-hybridized carbons (Fsp3) is 0.182. The van der Waals surface area contributed by atoms with Gasteiger partial charge in [-0.3, -0.25) is 9.59 Å². The highest BCUT2D eigenvalue weighted by molar-refractivity contribution is 7.82. The summed E-state index contributed by atoms with van der Waals surface area (Å²) in [6, 6.07) is 16.0. The van der Waals surface area contributed by atoms with E-state index in [2.05, 4.69) is 15.4 Å². The van der Waals surface area contributed by atoms with Crippen molar-refractivity contribution in [3.63, 3.8) is 0 Å². The predicted octanol–water partition coefficient (Wildman–Crippen LogP) is 2.37. The van der Waals surface area contributed by atoms with E-state index in [1.165, 1.54) is 12.3 Å². The number of rotatable bonds is 8. The fourth-order valence-electron chi connectivity index (χ4n) is 2.89. The van der Waals surface area contributed by atoms with E-state index in [0.29, 0.717) is 5.56 Å². The smallest absolute Gasteiger partial charge is 0.251 e. The van der Waals surface area contributed by atoms with Gasteiger partial charge in [-0.05, 0) is 35.4 Å². The summed E-state index contributed by atoms with van der Waals surface area (Å²) in [7, 11) is 0.340. The van der Waals surface area contributed by atoms with Crippen molar-refractivity contribution >= 4 is 22.6 Å². The molecule has 0 aliphatic rings. The van der Waals surface area contributed by atoms with Gasteiger partial charge in [0.15, 0.2) is 5.76 Å². The zero-order chi connectivity index (χ0) is 22.4. The number of anilines is 1. The third kappa shape index (κ3) is 5.80. The molecule has 2 aromatic carbocycles. The molecule has 8 nitrogen and oxygen atoms in total. The van der Waals surface area contributed by atoms with Gasteiger partial charge in [0.25, 0.3) is 5.91 Å². The number of nitrogens with one attached hydrogen (secondary N) is 3. The quantitative estimate of drug-likeness (QED) is 0.426. The number of amides is 1. The molecule has 1 unspecified atom stereocenters. The molecule has 1 aromatic heterocycles. The number of hydrogen-bond acceptors (Lipinski definition) is 6. The van der Waals surface area contributed by atoms with Gasteiger partial charge in [-0.2, -0.15) is 0 Å². The Kier molecular flexibility index (Phi) is 7.22. The first kappa shape index (κ1) is 22.3. The third-order valence-corrected chi connectivity index (χ3v) is 5.09. The van der Waals surface area contributed by atoms with E-state index in [0.717, 1.165) is 16.8 Å². The van der Waals surface area contributed by atoms with Crippen molar-refractivity contribution in [1.82, 2.24) is 10.0 Å². The number of carbonyl (C=O) groups excluding carboxylic acids is 1. The van der Waals surface area contributed by atoms with Crippen LogP contribution < -0.4 is 20.8 Å². The predicted molar refractivity (Wildman–Crippen MR) is 120 cm³/mol. The minimum absolute atomic E-state index is 0.0973. The summed E-state index contributed by atoms with van der Waals surface area (Å²) in [4.78, 5) is 23.6. The maximum Gasteiger partial charge on any atom is 0.251 e. The first-order valence-corrected chi connectivity index (χ1v) is 11.0. The molecule has 0 radical (unpaired) electrons. The van der Waals surface area contributed by atoms with Crippen molar-refractivity contribution < 1.29 is 18.5 Å². The summed E-state index contributed by atoms with van der Waals surface area (Å²) in [6.07, 6.45) is 1.47. The fourth-order valence-corrected chi connectivity index (χ4v) is 3.23. The molecule has 0 saturated heterocycles. The molecule has 4 N–H and O–H groups in total. The monoisotopic (exact) mass is 441 g/mol. The van der Waals surface area contributed by atoms with E-state index >= 15 is 0 Å². The molecule has 3 aromatic rings. The summed E-state index contributed by atoms with van der Waals surface area (Å²) < 4.78 is 19.4. The van der Waals surface area contributed by atoms with Crippen LogP contribution in [-0.4, -0.2) is 28.5 Å². The van der Waals surface area contributed by atoms with Crippen LogP contribution in [0, 0.1) is 0 Å². The number of benzene rings is 2. The molecule has 0 spiro atoms. The highest BCUT2D eigenvalue weighted by Crippen LogP contribution is 2.23. The van der Waals surface area contributed by atoms with Gasteiger partial charge in [0.2, 0.25) is 11.2 Å². The van der Waals surface area contributed by atoms with Crippen LogP contribution >= 0.6 is 0 Å². The zero-order valence-corrected chi connectivity index (χ0v) is 17.9. The van der Waals surface area contributed by atoms with Gasteiger partial charge in [-0.1, -0.05) is 24.3 Å². The van der Waals surface area contributed by atoms with Gasteiger partial charge < -0.3 is 20.2 Å². The van der Waals surface area contributed by atoms with Gasteiger partial charge in [0.1, 0.15) is 5.76 Å². The Morgan fingerprint density at radius 3 is 2.23 bits per heavy atom. The molecule has 0 saturated carbocycles. The maximum absolute atomic E-state index is 11.9. The lowest BCUT2D eigenvalue weighted by atomic mass is 10.0. The maximum atomic E-state index is 11.9. The molecule has 31 heavy (non-hydrogen) atoms. The number of hydrogen-bond donors (Lipinski definition) is 4. The molecule has 9 heteroatoms. The Bertz CT molecular complexity index is 1140. The van der Waals surface area contributed by atoms with E-state index in [-0.39, 0.29) is 30.5 Å². The largest absolute Gasteiger partial charge is 0.502 e. The summed E-state index contributed by atoms with van der Waals surface area (Å²) in [5.74, 6) is -0.212. The minimum Gasteiger partial charge on any atom is -0.502 e. The zero-order valence-electron chi connectivity index (χ0n) is 17.1. The molecule has 1 heterocycles. The van der Waals surface area contributed by atoms with E-state index in [1.807, 2.05) is 36.4 Å². The van der Waals surface area contributed by atoms with Gasteiger partial charge in [-0.15, -0.1) is 0 Å². The second kappa shape index (κ2) is 10.1. The van der Waals surface area contributed by atoms with E-state index in [9.17, 15) is 18.9 Å². The molecule has 1 atom stereocenters. The summed E-state index contributed by atoms with van der Waals surface area (Å²) in [5.41, 5.74) is 2.75. The molecule has 0 fully saturated rings. The van der Waals surface area contributed by atoms with E-state index < -0.39 is 22.2 Å². The van der Waals surface area contributed by atoms with Crippen LogP contribution in [0.1, 0.15) is 21.9 Å². The molecule has 0 bridgehead atoms. The number of aromatic hydroxyl groups is 1. The van der Waals surface area contributed by atoms with Crippen LogP contribution in [0.4, 0.5) is 5.69 Å². The first-order chi connectivity index (χ1) is 14.9. The van der Waals surface area contributed by atoms with Crippen molar-refractivity contribution in [2.24, 2.45) is 0 Å². The SMILES string of the molecule is CNC(=O)c1ccc(-c2ccc(NCc3oc(CNS(C)=O)cc(=O)c3O)cc2)cc1. The van der Waals surface area contributed by atoms with Crippen molar-refractivity contribution in [3.05, 3.63) is 81.9 Å². The van der Waals surface area contributed by atoms with Crippen LogP contribution in [0.2, 0.25) is 0 Å². The molecule has 162 valence electrons. The van der Waals surface area contributed by atoms with Crippen LogP contribution in [-0.2, 0) is 24.1 Å². The molecule has 1 amide bonds. The first-order valence-electron chi connectivity index (χ1n) is 9.45. The van der Waals surface area contributed by atoms with Gasteiger partial charge in [0.05, 0.1) is 24.1 Å². The lowest BCUT2D eigenvalue weighted by Gasteiger charge is -2.10. The minimum atomic E-state index is -1.25. The van der Waals surface area contributed by atoms with Crippen LogP contribution in [0.3, 0.4) is 0 Å². The topological polar surface area (TPSA) is 121 Å².